The van der Waals surface area contributed by atoms with Crippen LogP contribution in [0.3, 0.4) is 0 Å². The highest BCUT2D eigenvalue weighted by Gasteiger charge is 2.46. The summed E-state index contributed by atoms with van der Waals surface area (Å²) in [6, 6.07) is 8.28. The summed E-state index contributed by atoms with van der Waals surface area (Å²) in [5.74, 6) is 0.205. The molecule has 2 saturated heterocycles. The van der Waals surface area contributed by atoms with E-state index in [1.165, 1.54) is 11.1 Å². The first-order chi connectivity index (χ1) is 13.2. The van der Waals surface area contributed by atoms with E-state index in [2.05, 4.69) is 62.2 Å². The van der Waals surface area contributed by atoms with Crippen LogP contribution in [-0.2, 0) is 9.59 Å². The molecule has 0 spiro atoms. The standard InChI is InChI=1S/C23H35N3O2/c1-6-24-21(27)20-8-7-13-26(20)22(28)19-15-25(23(3,4)5)14-18(19)17-11-9-16(2)10-12-17/h9-12,18-20H,6-8,13-15H2,1-5H3,(H,24,27)/t18-,19+,20-/m0/s1. The van der Waals surface area contributed by atoms with Gasteiger partial charge in [-0.05, 0) is 53.0 Å². The number of aryl methyl sites for hydroxylation is 1. The molecule has 0 radical (unpaired) electrons. The number of rotatable bonds is 4. The molecule has 0 aromatic heterocycles. The Hall–Kier alpha value is -1.88. The molecule has 5 nitrogen and oxygen atoms in total. The number of likely N-dealkylation sites (N-methyl/N-ethyl adjacent to an activating group) is 1. The fourth-order valence-electron chi connectivity index (χ4n) is 4.56. The zero-order valence-corrected chi connectivity index (χ0v) is 18.0. The summed E-state index contributed by atoms with van der Waals surface area (Å²) in [6.45, 7) is 13.5. The SMILES string of the molecule is CCNC(=O)[C@@H]1CCCN1C(=O)[C@@H]1CN(C(C)(C)C)C[C@H]1c1ccc(C)cc1. The van der Waals surface area contributed by atoms with Gasteiger partial charge in [0.2, 0.25) is 11.8 Å². The largest absolute Gasteiger partial charge is 0.355 e. The third-order valence-corrected chi connectivity index (χ3v) is 6.28. The van der Waals surface area contributed by atoms with Gasteiger partial charge >= 0.3 is 0 Å². The van der Waals surface area contributed by atoms with Crippen molar-refractivity contribution in [2.45, 2.75) is 65.0 Å². The molecule has 154 valence electrons. The van der Waals surface area contributed by atoms with Crippen molar-refractivity contribution < 1.29 is 9.59 Å². The van der Waals surface area contributed by atoms with Gasteiger partial charge in [0.05, 0.1) is 5.92 Å². The van der Waals surface area contributed by atoms with Gasteiger partial charge in [0.25, 0.3) is 0 Å². The second-order valence-electron chi connectivity index (χ2n) is 9.28. The minimum atomic E-state index is -0.310. The molecule has 2 heterocycles. The Labute approximate surface area is 169 Å². The number of carbonyl (C=O) groups is 2. The molecule has 3 rings (SSSR count). The van der Waals surface area contributed by atoms with Gasteiger partial charge in [-0.1, -0.05) is 29.8 Å². The van der Waals surface area contributed by atoms with Crippen molar-refractivity contribution in [3.05, 3.63) is 35.4 Å². The van der Waals surface area contributed by atoms with Gasteiger partial charge in [-0.3, -0.25) is 14.5 Å². The molecular weight excluding hydrogens is 350 g/mol. The molecule has 0 aliphatic carbocycles. The fourth-order valence-corrected chi connectivity index (χ4v) is 4.56. The Morgan fingerprint density at radius 3 is 2.43 bits per heavy atom. The van der Waals surface area contributed by atoms with Gasteiger partial charge in [-0.25, -0.2) is 0 Å². The lowest BCUT2D eigenvalue weighted by molar-refractivity contribution is -0.141. The average Bonchev–Trinajstić information content (AvgIpc) is 3.29. The lowest BCUT2D eigenvalue weighted by Crippen LogP contribution is -2.49. The number of nitrogens with one attached hydrogen (secondary N) is 1. The summed E-state index contributed by atoms with van der Waals surface area (Å²) in [7, 11) is 0. The molecule has 2 fully saturated rings. The number of carbonyl (C=O) groups excluding carboxylic acids is 2. The minimum absolute atomic E-state index is 0.00842. The summed E-state index contributed by atoms with van der Waals surface area (Å²) in [6.07, 6.45) is 1.67. The van der Waals surface area contributed by atoms with Crippen molar-refractivity contribution in [1.82, 2.24) is 15.1 Å². The lowest BCUT2D eigenvalue weighted by Gasteiger charge is -2.32. The van der Waals surface area contributed by atoms with Gasteiger partial charge in [-0.2, -0.15) is 0 Å². The van der Waals surface area contributed by atoms with Gasteiger partial charge in [0, 0.05) is 37.6 Å². The molecule has 28 heavy (non-hydrogen) atoms. The summed E-state index contributed by atoms with van der Waals surface area (Å²) >= 11 is 0. The molecule has 1 N–H and O–H groups in total. The Balaban J connectivity index is 1.86. The maximum absolute atomic E-state index is 13.6. The van der Waals surface area contributed by atoms with E-state index in [-0.39, 0.29) is 35.2 Å². The van der Waals surface area contributed by atoms with Crippen LogP contribution in [0.5, 0.6) is 0 Å². The third kappa shape index (κ3) is 4.24. The van der Waals surface area contributed by atoms with E-state index in [1.54, 1.807) is 0 Å². The van der Waals surface area contributed by atoms with Crippen LogP contribution in [-0.4, -0.2) is 59.4 Å². The van der Waals surface area contributed by atoms with E-state index >= 15 is 0 Å². The van der Waals surface area contributed by atoms with Crippen molar-refractivity contribution in [3.8, 4) is 0 Å². The number of hydrogen-bond donors (Lipinski definition) is 1. The molecule has 2 aliphatic rings. The summed E-state index contributed by atoms with van der Waals surface area (Å²) in [5.41, 5.74) is 2.47. The second-order valence-corrected chi connectivity index (χ2v) is 9.28. The molecule has 0 saturated carbocycles. The molecule has 1 aromatic carbocycles. The average molecular weight is 386 g/mol. The minimum Gasteiger partial charge on any atom is -0.355 e. The van der Waals surface area contributed by atoms with Gasteiger partial charge in [0.1, 0.15) is 6.04 Å². The highest BCUT2D eigenvalue weighted by atomic mass is 16.2. The van der Waals surface area contributed by atoms with Gasteiger partial charge < -0.3 is 10.2 Å². The highest BCUT2D eigenvalue weighted by molar-refractivity contribution is 5.89. The summed E-state index contributed by atoms with van der Waals surface area (Å²) in [4.78, 5) is 30.3. The van der Waals surface area contributed by atoms with Crippen molar-refractivity contribution in [3.63, 3.8) is 0 Å². The molecule has 1 aromatic rings. The molecule has 3 atom stereocenters. The third-order valence-electron chi connectivity index (χ3n) is 6.28. The zero-order chi connectivity index (χ0) is 20.5. The quantitative estimate of drug-likeness (QED) is 0.867. The van der Waals surface area contributed by atoms with Crippen molar-refractivity contribution in [2.75, 3.05) is 26.2 Å². The van der Waals surface area contributed by atoms with E-state index in [0.29, 0.717) is 13.1 Å². The Morgan fingerprint density at radius 2 is 1.82 bits per heavy atom. The predicted octanol–water partition coefficient (Wildman–Crippen LogP) is 2.94. The van der Waals surface area contributed by atoms with E-state index in [0.717, 1.165) is 25.9 Å². The predicted molar refractivity (Wildman–Crippen MR) is 112 cm³/mol. The number of nitrogens with zero attached hydrogens (tertiary/aromatic N) is 2. The lowest BCUT2D eigenvalue weighted by atomic mass is 9.87. The van der Waals surface area contributed by atoms with E-state index in [1.807, 2.05) is 11.8 Å². The van der Waals surface area contributed by atoms with Crippen molar-refractivity contribution in [2.24, 2.45) is 5.92 Å². The Bertz CT molecular complexity index is 708. The maximum Gasteiger partial charge on any atom is 0.242 e. The van der Waals surface area contributed by atoms with E-state index in [4.69, 9.17) is 0 Å². The van der Waals surface area contributed by atoms with Crippen molar-refractivity contribution >= 4 is 11.8 Å². The molecule has 0 unspecified atom stereocenters. The number of likely N-dealkylation sites (tertiary alicyclic amines) is 2. The maximum atomic E-state index is 13.6. The van der Waals surface area contributed by atoms with Gasteiger partial charge in [0.15, 0.2) is 0 Å². The van der Waals surface area contributed by atoms with Crippen LogP contribution < -0.4 is 5.32 Å². The van der Waals surface area contributed by atoms with Crippen LogP contribution in [0.4, 0.5) is 0 Å². The van der Waals surface area contributed by atoms with E-state index in [9.17, 15) is 9.59 Å². The molecule has 2 amide bonds. The number of amides is 2. The molecule has 2 aliphatic heterocycles. The van der Waals surface area contributed by atoms with Crippen LogP contribution in [0.25, 0.3) is 0 Å². The van der Waals surface area contributed by atoms with Crippen LogP contribution in [0.1, 0.15) is 57.6 Å². The summed E-state index contributed by atoms with van der Waals surface area (Å²) < 4.78 is 0. The normalized spacial score (nSPS) is 25.9. The van der Waals surface area contributed by atoms with Crippen LogP contribution in [0, 0.1) is 12.8 Å². The topological polar surface area (TPSA) is 52.7 Å². The monoisotopic (exact) mass is 385 g/mol. The molecular formula is C23H35N3O2. The van der Waals surface area contributed by atoms with Crippen molar-refractivity contribution in [1.29, 1.82) is 0 Å². The molecule has 5 heteroatoms. The smallest absolute Gasteiger partial charge is 0.242 e. The first-order valence-corrected chi connectivity index (χ1v) is 10.6. The van der Waals surface area contributed by atoms with Crippen LogP contribution in [0.15, 0.2) is 24.3 Å². The van der Waals surface area contributed by atoms with E-state index < -0.39 is 0 Å². The Morgan fingerprint density at radius 1 is 1.14 bits per heavy atom. The highest BCUT2D eigenvalue weighted by Crippen LogP contribution is 2.38. The first kappa shape index (κ1) is 20.8. The Kier molecular flexibility index (Phi) is 6.13. The second kappa shape index (κ2) is 8.24. The van der Waals surface area contributed by atoms with Crippen LogP contribution >= 0.6 is 0 Å². The molecule has 0 bridgehead atoms. The first-order valence-electron chi connectivity index (χ1n) is 10.6. The summed E-state index contributed by atoms with van der Waals surface area (Å²) in [5, 5.41) is 2.90. The number of hydrogen-bond acceptors (Lipinski definition) is 3. The zero-order valence-electron chi connectivity index (χ0n) is 18.0. The number of benzene rings is 1. The van der Waals surface area contributed by atoms with Crippen LogP contribution in [0.2, 0.25) is 0 Å². The fraction of sp³-hybridized carbons (Fsp3) is 0.652. The van der Waals surface area contributed by atoms with Gasteiger partial charge in [-0.15, -0.1) is 0 Å².